The normalized spacial score (nSPS) is 17.8. The van der Waals surface area contributed by atoms with Crippen molar-refractivity contribution in [3.8, 4) is 5.75 Å². The van der Waals surface area contributed by atoms with Crippen LogP contribution in [0.25, 0.3) is 11.0 Å². The standard InChI is InChI=1S/C20H23N5O3/c1-20(2)10-15(13-6-4-5-7-16(13)28-20)23-17(26)8-9-25-12-21-18-14(19(25)27)11-22-24(18)3/h4-7,11-12,15H,8-10H2,1-3H3,(H,23,26)/t15-/m1/s1. The van der Waals surface area contributed by atoms with Crippen LogP contribution in [0, 0.1) is 0 Å². The molecule has 0 aliphatic carbocycles. The third-order valence-electron chi connectivity index (χ3n) is 5.01. The minimum absolute atomic E-state index is 0.115. The molecule has 2 aromatic heterocycles. The van der Waals surface area contributed by atoms with Gasteiger partial charge in [-0.15, -0.1) is 0 Å². The second-order valence-corrected chi connectivity index (χ2v) is 7.72. The van der Waals surface area contributed by atoms with Crippen LogP contribution in [0.5, 0.6) is 5.75 Å². The highest BCUT2D eigenvalue weighted by Crippen LogP contribution is 2.39. The molecule has 0 saturated heterocycles. The Morgan fingerprint density at radius 3 is 2.96 bits per heavy atom. The summed E-state index contributed by atoms with van der Waals surface area (Å²) in [5.41, 5.74) is 0.958. The summed E-state index contributed by atoms with van der Waals surface area (Å²) in [6, 6.07) is 7.63. The molecular weight excluding hydrogens is 358 g/mol. The van der Waals surface area contributed by atoms with Gasteiger partial charge in [0.25, 0.3) is 5.56 Å². The van der Waals surface area contributed by atoms with Gasteiger partial charge in [-0.25, -0.2) is 4.98 Å². The third kappa shape index (κ3) is 3.37. The second kappa shape index (κ2) is 6.78. The van der Waals surface area contributed by atoms with E-state index in [4.69, 9.17) is 4.74 Å². The molecule has 146 valence electrons. The first-order chi connectivity index (χ1) is 13.3. The maximum Gasteiger partial charge on any atom is 0.264 e. The molecule has 8 heteroatoms. The van der Waals surface area contributed by atoms with Crippen molar-refractivity contribution in [3.63, 3.8) is 0 Å². The Bertz CT molecular complexity index is 1100. The molecule has 1 amide bonds. The monoisotopic (exact) mass is 381 g/mol. The molecule has 0 unspecified atom stereocenters. The number of para-hydroxylation sites is 1. The first kappa shape index (κ1) is 18.2. The molecule has 0 bridgehead atoms. The van der Waals surface area contributed by atoms with Crippen molar-refractivity contribution in [2.75, 3.05) is 0 Å². The highest BCUT2D eigenvalue weighted by molar-refractivity contribution is 5.77. The Kier molecular flexibility index (Phi) is 4.41. The summed E-state index contributed by atoms with van der Waals surface area (Å²) in [4.78, 5) is 29.4. The third-order valence-corrected chi connectivity index (χ3v) is 5.01. The van der Waals surface area contributed by atoms with Crippen molar-refractivity contribution in [2.45, 2.75) is 44.9 Å². The molecule has 8 nitrogen and oxygen atoms in total. The van der Waals surface area contributed by atoms with Crippen LogP contribution < -0.4 is 15.6 Å². The fourth-order valence-corrected chi connectivity index (χ4v) is 3.65. The van der Waals surface area contributed by atoms with E-state index in [9.17, 15) is 9.59 Å². The zero-order valence-corrected chi connectivity index (χ0v) is 16.2. The molecule has 0 saturated carbocycles. The maximum atomic E-state index is 12.6. The number of fused-ring (bicyclic) bond motifs is 2. The average Bonchev–Trinajstić information content (AvgIpc) is 3.02. The van der Waals surface area contributed by atoms with Crippen molar-refractivity contribution in [1.29, 1.82) is 0 Å². The Morgan fingerprint density at radius 2 is 2.14 bits per heavy atom. The van der Waals surface area contributed by atoms with Gasteiger partial charge in [0.15, 0.2) is 5.65 Å². The summed E-state index contributed by atoms with van der Waals surface area (Å²) in [5, 5.41) is 7.59. The lowest BCUT2D eigenvalue weighted by Gasteiger charge is -2.37. The number of amides is 1. The minimum Gasteiger partial charge on any atom is -0.487 e. The number of benzene rings is 1. The van der Waals surface area contributed by atoms with Crippen LogP contribution in [-0.4, -0.2) is 30.8 Å². The summed E-state index contributed by atoms with van der Waals surface area (Å²) in [7, 11) is 1.74. The second-order valence-electron chi connectivity index (χ2n) is 7.72. The van der Waals surface area contributed by atoms with E-state index in [0.717, 1.165) is 11.3 Å². The smallest absolute Gasteiger partial charge is 0.264 e. The van der Waals surface area contributed by atoms with Gasteiger partial charge in [0.2, 0.25) is 5.91 Å². The Labute approximate surface area is 162 Å². The van der Waals surface area contributed by atoms with Crippen molar-refractivity contribution >= 4 is 16.9 Å². The van der Waals surface area contributed by atoms with Crippen molar-refractivity contribution in [2.24, 2.45) is 7.05 Å². The molecule has 3 aromatic rings. The fraction of sp³-hybridized carbons (Fsp3) is 0.400. The zero-order valence-electron chi connectivity index (χ0n) is 16.2. The largest absolute Gasteiger partial charge is 0.487 e. The van der Waals surface area contributed by atoms with Gasteiger partial charge in [-0.3, -0.25) is 18.8 Å². The van der Waals surface area contributed by atoms with Gasteiger partial charge in [0, 0.05) is 32.0 Å². The number of nitrogens with zero attached hydrogens (tertiary/aromatic N) is 4. The topological polar surface area (TPSA) is 91.0 Å². The molecule has 3 heterocycles. The van der Waals surface area contributed by atoms with Crippen molar-refractivity contribution in [3.05, 3.63) is 52.7 Å². The van der Waals surface area contributed by atoms with Gasteiger partial charge in [-0.1, -0.05) is 18.2 Å². The summed E-state index contributed by atoms with van der Waals surface area (Å²) in [5.74, 6) is 0.683. The molecule has 0 spiro atoms. The molecule has 1 aliphatic heterocycles. The van der Waals surface area contributed by atoms with E-state index in [1.807, 2.05) is 38.1 Å². The van der Waals surface area contributed by atoms with Crippen molar-refractivity contribution < 1.29 is 9.53 Å². The number of carbonyl (C=O) groups is 1. The average molecular weight is 381 g/mol. The van der Waals surface area contributed by atoms with Crippen LogP contribution in [0.4, 0.5) is 0 Å². The number of aryl methyl sites for hydroxylation is 2. The number of rotatable bonds is 4. The summed E-state index contributed by atoms with van der Waals surface area (Å²) in [6.45, 7) is 4.28. The number of carbonyl (C=O) groups excluding carboxylic acids is 1. The number of aromatic nitrogens is 4. The van der Waals surface area contributed by atoms with Crippen LogP contribution in [0.3, 0.4) is 0 Å². The van der Waals surface area contributed by atoms with Gasteiger partial charge in [0.1, 0.15) is 16.7 Å². The Morgan fingerprint density at radius 1 is 1.36 bits per heavy atom. The highest BCUT2D eigenvalue weighted by atomic mass is 16.5. The first-order valence-corrected chi connectivity index (χ1v) is 9.28. The molecule has 1 aromatic carbocycles. The van der Waals surface area contributed by atoms with E-state index in [1.54, 1.807) is 11.7 Å². The minimum atomic E-state index is -0.363. The molecule has 1 N–H and O–H groups in total. The molecule has 1 aliphatic rings. The lowest BCUT2D eigenvalue weighted by atomic mass is 9.89. The van der Waals surface area contributed by atoms with E-state index in [-0.39, 0.29) is 36.1 Å². The predicted molar refractivity (Wildman–Crippen MR) is 104 cm³/mol. The van der Waals surface area contributed by atoms with E-state index >= 15 is 0 Å². The lowest BCUT2D eigenvalue weighted by Crippen LogP contribution is -2.41. The number of ether oxygens (including phenoxy) is 1. The van der Waals surface area contributed by atoms with Crippen LogP contribution >= 0.6 is 0 Å². The molecule has 28 heavy (non-hydrogen) atoms. The predicted octanol–water partition coefficient (Wildman–Crippen LogP) is 1.94. The van der Waals surface area contributed by atoms with Crippen LogP contribution in [0.15, 0.2) is 41.6 Å². The van der Waals surface area contributed by atoms with E-state index in [0.29, 0.717) is 17.5 Å². The van der Waals surface area contributed by atoms with E-state index in [2.05, 4.69) is 15.4 Å². The zero-order chi connectivity index (χ0) is 19.9. The SMILES string of the molecule is Cn1ncc2c(=O)n(CCC(=O)N[C@@H]3CC(C)(C)Oc4ccccc43)cnc21. The maximum absolute atomic E-state index is 12.6. The summed E-state index contributed by atoms with van der Waals surface area (Å²) < 4.78 is 9.01. The van der Waals surface area contributed by atoms with Gasteiger partial charge in [-0.05, 0) is 19.9 Å². The molecule has 1 atom stereocenters. The number of hydrogen-bond donors (Lipinski definition) is 1. The van der Waals surface area contributed by atoms with Crippen LogP contribution in [0.1, 0.15) is 38.3 Å². The lowest BCUT2D eigenvalue weighted by molar-refractivity contribution is -0.122. The molecule has 0 fully saturated rings. The molecule has 4 rings (SSSR count). The van der Waals surface area contributed by atoms with Gasteiger partial charge in [0.05, 0.1) is 18.6 Å². The number of hydrogen-bond acceptors (Lipinski definition) is 5. The Balaban J connectivity index is 1.47. The van der Waals surface area contributed by atoms with E-state index < -0.39 is 0 Å². The Hall–Kier alpha value is -3.16. The quantitative estimate of drug-likeness (QED) is 0.746. The van der Waals surface area contributed by atoms with Crippen molar-refractivity contribution in [1.82, 2.24) is 24.6 Å². The molecule has 0 radical (unpaired) electrons. The number of nitrogens with one attached hydrogen (secondary N) is 1. The highest BCUT2D eigenvalue weighted by Gasteiger charge is 2.34. The van der Waals surface area contributed by atoms with Crippen LogP contribution in [-0.2, 0) is 18.4 Å². The first-order valence-electron chi connectivity index (χ1n) is 9.28. The van der Waals surface area contributed by atoms with Crippen LogP contribution in [0.2, 0.25) is 0 Å². The van der Waals surface area contributed by atoms with Gasteiger partial charge in [-0.2, -0.15) is 5.10 Å². The fourth-order valence-electron chi connectivity index (χ4n) is 3.65. The summed E-state index contributed by atoms with van der Waals surface area (Å²) in [6.07, 6.45) is 3.83. The van der Waals surface area contributed by atoms with E-state index in [1.165, 1.54) is 17.1 Å². The molecular formula is C20H23N5O3. The van der Waals surface area contributed by atoms with Gasteiger partial charge >= 0.3 is 0 Å². The van der Waals surface area contributed by atoms with Gasteiger partial charge < -0.3 is 10.1 Å². The summed E-state index contributed by atoms with van der Waals surface area (Å²) >= 11 is 0.